The molecule has 0 saturated carbocycles. The fourth-order valence-electron chi connectivity index (χ4n) is 3.10. The number of nitrogens with zero attached hydrogens (tertiary/aromatic N) is 2. The van der Waals surface area contributed by atoms with Crippen LogP contribution in [-0.2, 0) is 10.0 Å². The Balaban J connectivity index is 1.49. The normalized spacial score (nSPS) is 11.0. The number of hydrogen-bond donors (Lipinski definition) is 2. The Labute approximate surface area is 197 Å². The first-order valence-corrected chi connectivity index (χ1v) is 11.8. The van der Waals surface area contributed by atoms with Gasteiger partial charge in [0.25, 0.3) is 15.9 Å². The molecule has 4 rings (SSSR count). The van der Waals surface area contributed by atoms with Crippen LogP contribution in [0.1, 0.15) is 21.5 Å². The van der Waals surface area contributed by atoms with Crippen LogP contribution in [0.5, 0.6) is 11.8 Å². The molecule has 1 amide bonds. The third-order valence-electron chi connectivity index (χ3n) is 4.93. The topological polar surface area (TPSA) is 110 Å². The maximum absolute atomic E-state index is 12.9. The zero-order valence-electron chi connectivity index (χ0n) is 18.5. The number of rotatable bonds is 7. The predicted molar refractivity (Wildman–Crippen MR) is 130 cm³/mol. The van der Waals surface area contributed by atoms with Gasteiger partial charge in [-0.15, -0.1) is 0 Å². The van der Waals surface area contributed by atoms with Crippen LogP contribution >= 0.6 is 0 Å². The number of amides is 1. The average Bonchev–Trinajstić information content (AvgIpc) is 2.82. The Hall–Kier alpha value is -4.24. The molecule has 0 aliphatic heterocycles. The number of aryl methyl sites for hydroxylation is 2. The largest absolute Gasteiger partial charge is 0.424 e. The minimum absolute atomic E-state index is 0.00423. The van der Waals surface area contributed by atoms with Crippen molar-refractivity contribution in [3.63, 3.8) is 0 Å². The van der Waals surface area contributed by atoms with Crippen LogP contribution in [0.3, 0.4) is 0 Å². The second-order valence-electron chi connectivity index (χ2n) is 7.56. The van der Waals surface area contributed by atoms with Crippen LogP contribution < -0.4 is 14.8 Å². The van der Waals surface area contributed by atoms with Crippen LogP contribution in [0.2, 0.25) is 0 Å². The molecule has 0 fully saturated rings. The van der Waals surface area contributed by atoms with Crippen molar-refractivity contribution in [2.24, 2.45) is 0 Å². The number of benzene rings is 3. The summed E-state index contributed by atoms with van der Waals surface area (Å²) < 4.78 is 33.8. The van der Waals surface area contributed by atoms with Crippen LogP contribution in [-0.4, -0.2) is 24.3 Å². The van der Waals surface area contributed by atoms with E-state index in [0.29, 0.717) is 22.7 Å². The van der Waals surface area contributed by atoms with Gasteiger partial charge in [-0.05, 0) is 74.0 Å². The minimum atomic E-state index is -3.87. The summed E-state index contributed by atoms with van der Waals surface area (Å²) >= 11 is 0. The highest BCUT2D eigenvalue weighted by Gasteiger charge is 2.18. The van der Waals surface area contributed by atoms with Gasteiger partial charge in [0.1, 0.15) is 5.75 Å². The molecular formula is C25H22N4O4S. The zero-order chi connectivity index (χ0) is 24.1. The molecule has 0 unspecified atom stereocenters. The summed E-state index contributed by atoms with van der Waals surface area (Å²) in [6.07, 6.45) is 3.15. The van der Waals surface area contributed by atoms with E-state index in [2.05, 4.69) is 20.0 Å². The summed E-state index contributed by atoms with van der Waals surface area (Å²) in [6.45, 7) is 3.66. The number of carbonyl (C=O) groups is 1. The summed E-state index contributed by atoms with van der Waals surface area (Å²) in [7, 11) is -3.87. The van der Waals surface area contributed by atoms with Gasteiger partial charge in [0.05, 0.1) is 4.90 Å². The van der Waals surface area contributed by atoms with E-state index in [4.69, 9.17) is 4.74 Å². The lowest BCUT2D eigenvalue weighted by molar-refractivity contribution is 0.102. The van der Waals surface area contributed by atoms with E-state index in [1.54, 1.807) is 67.8 Å². The van der Waals surface area contributed by atoms with Crippen molar-refractivity contribution in [2.75, 3.05) is 10.0 Å². The lowest BCUT2D eigenvalue weighted by Crippen LogP contribution is -2.17. The Morgan fingerprint density at radius 3 is 2.18 bits per heavy atom. The highest BCUT2D eigenvalue weighted by atomic mass is 32.2. The molecular weight excluding hydrogens is 452 g/mol. The second kappa shape index (κ2) is 9.72. The molecule has 172 valence electrons. The lowest BCUT2D eigenvalue weighted by Gasteiger charge is -2.12. The molecule has 0 atom stereocenters. The molecule has 2 N–H and O–H groups in total. The van der Waals surface area contributed by atoms with Crippen LogP contribution in [0, 0.1) is 13.8 Å². The Kier molecular flexibility index (Phi) is 6.55. The average molecular weight is 475 g/mol. The number of sulfonamides is 1. The zero-order valence-corrected chi connectivity index (χ0v) is 19.3. The molecule has 0 aliphatic carbocycles. The first-order chi connectivity index (χ1) is 16.3. The van der Waals surface area contributed by atoms with Crippen molar-refractivity contribution in [3.05, 3.63) is 102 Å². The van der Waals surface area contributed by atoms with Gasteiger partial charge in [-0.25, -0.2) is 18.4 Å². The van der Waals surface area contributed by atoms with Gasteiger partial charge >= 0.3 is 6.01 Å². The van der Waals surface area contributed by atoms with E-state index >= 15 is 0 Å². The van der Waals surface area contributed by atoms with Crippen molar-refractivity contribution in [2.45, 2.75) is 18.7 Å². The molecule has 0 aliphatic rings. The van der Waals surface area contributed by atoms with Crippen LogP contribution in [0.4, 0.5) is 11.4 Å². The van der Waals surface area contributed by atoms with E-state index in [0.717, 1.165) is 5.56 Å². The van der Waals surface area contributed by atoms with Crippen molar-refractivity contribution in [1.82, 2.24) is 9.97 Å². The van der Waals surface area contributed by atoms with Crippen LogP contribution in [0.25, 0.3) is 0 Å². The Morgan fingerprint density at radius 2 is 1.50 bits per heavy atom. The molecule has 34 heavy (non-hydrogen) atoms. The maximum Gasteiger partial charge on any atom is 0.321 e. The van der Waals surface area contributed by atoms with Crippen molar-refractivity contribution >= 4 is 27.3 Å². The first kappa shape index (κ1) is 22.9. The third kappa shape index (κ3) is 5.57. The molecule has 0 bridgehead atoms. The SMILES string of the molecule is Cc1ccc(NS(=O)(=O)c2ccc(C)c(C(=O)Nc3ccc(Oc4ncccn4)cc3)c2)cc1. The van der Waals surface area contributed by atoms with Gasteiger partial charge in [-0.2, -0.15) is 0 Å². The molecule has 9 heteroatoms. The Bertz CT molecular complexity index is 1410. The standard InChI is InChI=1S/C25H22N4O4S/c1-17-4-7-20(8-5-17)29-34(31,32)22-13-6-18(2)23(16-22)24(30)28-19-9-11-21(12-10-19)33-25-26-14-3-15-27-25/h3-16,29H,1-2H3,(H,28,30). The molecule has 1 heterocycles. The molecule has 0 spiro atoms. The number of anilines is 2. The fourth-order valence-corrected chi connectivity index (χ4v) is 4.18. The smallest absolute Gasteiger partial charge is 0.321 e. The number of ether oxygens (including phenoxy) is 1. The quantitative estimate of drug-likeness (QED) is 0.393. The molecule has 0 saturated heterocycles. The van der Waals surface area contributed by atoms with E-state index in [-0.39, 0.29) is 16.5 Å². The van der Waals surface area contributed by atoms with Gasteiger partial charge in [-0.3, -0.25) is 9.52 Å². The molecule has 8 nitrogen and oxygen atoms in total. The summed E-state index contributed by atoms with van der Waals surface area (Å²) in [5.41, 5.74) is 2.89. The predicted octanol–water partition coefficient (Wildman–Crippen LogP) is 4.94. The van der Waals surface area contributed by atoms with E-state index < -0.39 is 15.9 Å². The number of nitrogens with one attached hydrogen (secondary N) is 2. The molecule has 1 aromatic heterocycles. The molecule has 3 aromatic carbocycles. The van der Waals surface area contributed by atoms with Gasteiger partial charge in [-0.1, -0.05) is 23.8 Å². The van der Waals surface area contributed by atoms with E-state index in [1.807, 2.05) is 19.1 Å². The summed E-state index contributed by atoms with van der Waals surface area (Å²) in [5.74, 6) is 0.0839. The Morgan fingerprint density at radius 1 is 0.853 bits per heavy atom. The minimum Gasteiger partial charge on any atom is -0.424 e. The van der Waals surface area contributed by atoms with Crippen LogP contribution in [0.15, 0.2) is 90.1 Å². The number of aromatic nitrogens is 2. The van der Waals surface area contributed by atoms with Crippen molar-refractivity contribution in [3.8, 4) is 11.8 Å². The van der Waals surface area contributed by atoms with Gasteiger partial charge in [0.2, 0.25) is 0 Å². The van der Waals surface area contributed by atoms with Gasteiger partial charge in [0, 0.05) is 29.3 Å². The van der Waals surface area contributed by atoms with Crippen molar-refractivity contribution in [1.29, 1.82) is 0 Å². The third-order valence-corrected chi connectivity index (χ3v) is 6.31. The van der Waals surface area contributed by atoms with Gasteiger partial charge in [0.15, 0.2) is 0 Å². The van der Waals surface area contributed by atoms with Crippen molar-refractivity contribution < 1.29 is 17.9 Å². The highest BCUT2D eigenvalue weighted by molar-refractivity contribution is 7.92. The fraction of sp³-hybridized carbons (Fsp3) is 0.0800. The summed E-state index contributed by atoms with van der Waals surface area (Å²) in [4.78, 5) is 20.9. The molecule has 0 radical (unpaired) electrons. The lowest BCUT2D eigenvalue weighted by atomic mass is 10.1. The summed E-state index contributed by atoms with van der Waals surface area (Å²) in [5, 5.41) is 2.78. The highest BCUT2D eigenvalue weighted by Crippen LogP contribution is 2.23. The summed E-state index contributed by atoms with van der Waals surface area (Å²) in [6, 6.07) is 20.0. The molecule has 4 aromatic rings. The monoisotopic (exact) mass is 474 g/mol. The van der Waals surface area contributed by atoms with Gasteiger partial charge < -0.3 is 10.1 Å². The number of carbonyl (C=O) groups excluding carboxylic acids is 1. The van der Waals surface area contributed by atoms with E-state index in [9.17, 15) is 13.2 Å². The second-order valence-corrected chi connectivity index (χ2v) is 9.24. The van der Waals surface area contributed by atoms with E-state index in [1.165, 1.54) is 12.1 Å². The number of hydrogen-bond acceptors (Lipinski definition) is 6. The first-order valence-electron chi connectivity index (χ1n) is 10.4. The maximum atomic E-state index is 12.9.